The molecule has 0 bridgehead atoms. The number of hydrogen-bond donors (Lipinski definition) is 1. The topological polar surface area (TPSA) is 58.6 Å². The van der Waals surface area contributed by atoms with Crippen LogP contribution >= 0.6 is 11.8 Å². The molecule has 0 aromatic heterocycles. The number of thioether (sulfide) groups is 1. The lowest BCUT2D eigenvalue weighted by molar-refractivity contribution is -0.141. The molecule has 200 valence electrons. The number of rotatable bonds is 13. The van der Waals surface area contributed by atoms with E-state index in [0.29, 0.717) is 25.1 Å². The minimum Gasteiger partial charge on any atom is -0.497 e. The van der Waals surface area contributed by atoms with Gasteiger partial charge in [0.1, 0.15) is 11.8 Å². The predicted octanol–water partition coefficient (Wildman–Crippen LogP) is 6.02. The molecule has 0 unspecified atom stereocenters. The molecular formula is C32H38N2O3S. The molecule has 1 fully saturated rings. The van der Waals surface area contributed by atoms with Crippen LogP contribution in [0, 0.1) is 0 Å². The van der Waals surface area contributed by atoms with Gasteiger partial charge in [0.25, 0.3) is 0 Å². The van der Waals surface area contributed by atoms with Crippen molar-refractivity contribution in [3.05, 3.63) is 102 Å². The summed E-state index contributed by atoms with van der Waals surface area (Å²) < 4.78 is 5.42. The van der Waals surface area contributed by atoms with Crippen LogP contribution in [0.3, 0.4) is 0 Å². The lowest BCUT2D eigenvalue weighted by Gasteiger charge is -2.32. The van der Waals surface area contributed by atoms with Crippen molar-refractivity contribution in [3.63, 3.8) is 0 Å². The first-order valence-electron chi connectivity index (χ1n) is 13.5. The summed E-state index contributed by atoms with van der Waals surface area (Å²) in [7, 11) is 1.64. The Kier molecular flexibility index (Phi) is 10.7. The molecule has 0 radical (unpaired) electrons. The van der Waals surface area contributed by atoms with Gasteiger partial charge in [-0.25, -0.2) is 0 Å². The van der Waals surface area contributed by atoms with E-state index in [4.69, 9.17) is 4.74 Å². The first kappa shape index (κ1) is 27.8. The molecule has 1 aliphatic rings. The Labute approximate surface area is 231 Å². The zero-order chi connectivity index (χ0) is 26.6. The van der Waals surface area contributed by atoms with Gasteiger partial charge in [0.2, 0.25) is 11.8 Å². The summed E-state index contributed by atoms with van der Waals surface area (Å²) in [5.74, 6) is 2.23. The van der Waals surface area contributed by atoms with Crippen LogP contribution < -0.4 is 10.1 Å². The van der Waals surface area contributed by atoms with E-state index >= 15 is 0 Å². The van der Waals surface area contributed by atoms with Gasteiger partial charge in [-0.2, -0.15) is 11.8 Å². The molecule has 4 rings (SSSR count). The van der Waals surface area contributed by atoms with Crippen molar-refractivity contribution in [2.75, 3.05) is 12.9 Å². The van der Waals surface area contributed by atoms with Crippen LogP contribution in [0.25, 0.3) is 0 Å². The van der Waals surface area contributed by atoms with Gasteiger partial charge in [-0.05, 0) is 41.7 Å². The Hall–Kier alpha value is -3.25. The van der Waals surface area contributed by atoms with Crippen LogP contribution in [0.2, 0.25) is 0 Å². The Morgan fingerprint density at radius 2 is 1.58 bits per heavy atom. The van der Waals surface area contributed by atoms with Gasteiger partial charge >= 0.3 is 0 Å². The van der Waals surface area contributed by atoms with Gasteiger partial charge in [-0.15, -0.1) is 0 Å². The summed E-state index contributed by atoms with van der Waals surface area (Å²) in [5, 5.41) is 3.27. The summed E-state index contributed by atoms with van der Waals surface area (Å²) in [6.45, 7) is 0.356. The number of nitrogens with zero attached hydrogens (tertiary/aromatic N) is 1. The molecule has 3 aromatic rings. The predicted molar refractivity (Wildman–Crippen MR) is 155 cm³/mol. The molecule has 38 heavy (non-hydrogen) atoms. The third-order valence-electron chi connectivity index (χ3n) is 7.03. The van der Waals surface area contributed by atoms with E-state index in [-0.39, 0.29) is 17.9 Å². The van der Waals surface area contributed by atoms with E-state index < -0.39 is 6.04 Å². The molecule has 2 amide bonds. The fourth-order valence-electron chi connectivity index (χ4n) is 4.96. The van der Waals surface area contributed by atoms with Crippen molar-refractivity contribution in [1.82, 2.24) is 10.2 Å². The molecular weight excluding hydrogens is 492 g/mol. The van der Waals surface area contributed by atoms with Gasteiger partial charge in [-0.3, -0.25) is 9.59 Å². The summed E-state index contributed by atoms with van der Waals surface area (Å²) in [6.07, 6.45) is 5.14. The van der Waals surface area contributed by atoms with E-state index in [1.165, 1.54) is 5.56 Å². The van der Waals surface area contributed by atoms with Crippen molar-refractivity contribution < 1.29 is 14.3 Å². The number of hydrogen-bond acceptors (Lipinski definition) is 4. The van der Waals surface area contributed by atoms with Gasteiger partial charge in [0, 0.05) is 36.9 Å². The minimum absolute atomic E-state index is 0.00381. The second-order valence-corrected chi connectivity index (χ2v) is 11.0. The quantitative estimate of drug-likeness (QED) is 0.275. The van der Waals surface area contributed by atoms with Gasteiger partial charge in [0.05, 0.1) is 7.11 Å². The molecule has 3 aromatic carbocycles. The zero-order valence-electron chi connectivity index (χ0n) is 22.2. The SMILES string of the molecule is COc1cccc(CN(C(=O)CCSCc2ccccc2)[C@H](Cc2ccccc2)C(=O)NC2CCCC2)c1. The summed E-state index contributed by atoms with van der Waals surface area (Å²) in [4.78, 5) is 29.3. The highest BCUT2D eigenvalue weighted by Gasteiger charge is 2.32. The van der Waals surface area contributed by atoms with Crippen molar-refractivity contribution in [2.24, 2.45) is 0 Å². The standard InChI is InChI=1S/C32H38N2O3S/c1-37-29-18-10-15-27(21-29)23-34(31(35)19-20-38-24-26-13-6-3-7-14-26)30(22-25-11-4-2-5-12-25)32(36)33-28-16-8-9-17-28/h2-7,10-15,18,21,28,30H,8-9,16-17,19-20,22-24H2,1H3,(H,33,36)/t30-/m1/s1. The zero-order valence-corrected chi connectivity index (χ0v) is 23.0. The molecule has 1 atom stereocenters. The number of nitrogens with one attached hydrogen (secondary N) is 1. The third-order valence-corrected chi connectivity index (χ3v) is 8.06. The van der Waals surface area contributed by atoms with Crippen LogP contribution in [-0.2, 0) is 28.3 Å². The molecule has 0 spiro atoms. The number of carbonyl (C=O) groups is 2. The third kappa shape index (κ3) is 8.38. The first-order valence-corrected chi connectivity index (χ1v) is 14.7. The van der Waals surface area contributed by atoms with E-state index in [0.717, 1.165) is 48.3 Å². The highest BCUT2D eigenvalue weighted by Crippen LogP contribution is 2.22. The second-order valence-electron chi connectivity index (χ2n) is 9.86. The van der Waals surface area contributed by atoms with E-state index in [2.05, 4.69) is 17.4 Å². The minimum atomic E-state index is -0.587. The van der Waals surface area contributed by atoms with Crippen LogP contribution in [0.15, 0.2) is 84.9 Å². The second kappa shape index (κ2) is 14.6. The molecule has 1 saturated carbocycles. The average Bonchev–Trinajstić information content (AvgIpc) is 3.47. The number of methoxy groups -OCH3 is 1. The van der Waals surface area contributed by atoms with Crippen molar-refractivity contribution in [3.8, 4) is 5.75 Å². The maximum Gasteiger partial charge on any atom is 0.243 e. The Morgan fingerprint density at radius 3 is 2.26 bits per heavy atom. The smallest absolute Gasteiger partial charge is 0.243 e. The van der Waals surface area contributed by atoms with Crippen molar-refractivity contribution in [1.29, 1.82) is 0 Å². The van der Waals surface area contributed by atoms with Crippen molar-refractivity contribution in [2.45, 2.75) is 62.9 Å². The number of benzene rings is 3. The Morgan fingerprint density at radius 1 is 0.921 bits per heavy atom. The fourth-order valence-corrected chi connectivity index (χ4v) is 5.85. The average molecular weight is 531 g/mol. The lowest BCUT2D eigenvalue weighted by atomic mass is 10.0. The Bertz CT molecular complexity index is 1150. The van der Waals surface area contributed by atoms with E-state index in [9.17, 15) is 9.59 Å². The fraction of sp³-hybridized carbons (Fsp3) is 0.375. The first-order chi connectivity index (χ1) is 18.6. The largest absolute Gasteiger partial charge is 0.497 e. The number of amides is 2. The summed E-state index contributed by atoms with van der Waals surface area (Å²) >= 11 is 1.75. The Balaban J connectivity index is 1.54. The van der Waals surface area contributed by atoms with Crippen LogP contribution in [-0.4, -0.2) is 41.7 Å². The van der Waals surface area contributed by atoms with E-state index in [1.807, 2.05) is 72.8 Å². The lowest BCUT2D eigenvalue weighted by Crippen LogP contribution is -2.52. The van der Waals surface area contributed by atoms with Crippen molar-refractivity contribution >= 4 is 23.6 Å². The number of ether oxygens (including phenoxy) is 1. The summed E-state index contributed by atoms with van der Waals surface area (Å²) in [6, 6.07) is 27.6. The molecule has 5 nitrogen and oxygen atoms in total. The highest BCUT2D eigenvalue weighted by atomic mass is 32.2. The van der Waals surface area contributed by atoms with Gasteiger partial charge in [-0.1, -0.05) is 85.6 Å². The molecule has 0 heterocycles. The number of carbonyl (C=O) groups excluding carboxylic acids is 2. The van der Waals surface area contributed by atoms with Gasteiger partial charge in [0.15, 0.2) is 0 Å². The van der Waals surface area contributed by atoms with Crippen LogP contribution in [0.5, 0.6) is 5.75 Å². The molecule has 1 aliphatic carbocycles. The summed E-state index contributed by atoms with van der Waals surface area (Å²) in [5.41, 5.74) is 3.23. The maximum absolute atomic E-state index is 13.8. The maximum atomic E-state index is 13.8. The normalized spacial score (nSPS) is 14.1. The van der Waals surface area contributed by atoms with Crippen LogP contribution in [0.1, 0.15) is 48.8 Å². The van der Waals surface area contributed by atoms with Crippen LogP contribution in [0.4, 0.5) is 0 Å². The molecule has 1 N–H and O–H groups in total. The van der Waals surface area contributed by atoms with Gasteiger partial charge < -0.3 is 15.0 Å². The molecule has 0 aliphatic heterocycles. The molecule has 6 heteroatoms. The highest BCUT2D eigenvalue weighted by molar-refractivity contribution is 7.98. The monoisotopic (exact) mass is 530 g/mol. The molecule has 0 saturated heterocycles. The van der Waals surface area contributed by atoms with E-state index in [1.54, 1.807) is 23.8 Å².